The molecular weight excluding hydrogens is 300 g/mol. The van der Waals surface area contributed by atoms with Crippen LogP contribution in [0.15, 0.2) is 24.3 Å². The molecule has 0 aromatic heterocycles. The van der Waals surface area contributed by atoms with E-state index in [-0.39, 0.29) is 0 Å². The van der Waals surface area contributed by atoms with E-state index in [1.165, 1.54) is 5.56 Å². The lowest BCUT2D eigenvalue weighted by Crippen LogP contribution is -2.53. The lowest BCUT2D eigenvalue weighted by molar-refractivity contribution is -0.137. The maximum absolute atomic E-state index is 12.4. The Morgan fingerprint density at radius 1 is 1.29 bits per heavy atom. The van der Waals surface area contributed by atoms with Gasteiger partial charge in [0, 0.05) is 44.7 Å². The van der Waals surface area contributed by atoms with Crippen molar-refractivity contribution < 1.29 is 4.79 Å². The molecule has 24 heavy (non-hydrogen) atoms. The standard InChI is InChI=1S/C19H26N4O/c1-21(2)10-11-23-18-8-9-22(17(18)6-7-19(23)24)14-16-5-3-4-15(12-16)13-20/h3-5,12,17-18H,6-11,14H2,1-2H3/t17-,18-/m1/s1. The molecule has 2 saturated heterocycles. The van der Waals surface area contributed by atoms with E-state index < -0.39 is 0 Å². The topological polar surface area (TPSA) is 50.6 Å². The quantitative estimate of drug-likeness (QED) is 0.826. The molecule has 2 aliphatic rings. The maximum atomic E-state index is 12.4. The number of hydrogen-bond acceptors (Lipinski definition) is 4. The number of piperidine rings is 1. The van der Waals surface area contributed by atoms with E-state index >= 15 is 0 Å². The third kappa shape index (κ3) is 3.61. The predicted octanol–water partition coefficient (Wildman–Crippen LogP) is 1.69. The maximum Gasteiger partial charge on any atom is 0.222 e. The molecule has 3 rings (SSSR count). The number of nitriles is 1. The summed E-state index contributed by atoms with van der Waals surface area (Å²) in [6.45, 7) is 3.63. The summed E-state index contributed by atoms with van der Waals surface area (Å²) in [6, 6.07) is 10.9. The minimum atomic E-state index is 0.312. The lowest BCUT2D eigenvalue weighted by atomic mass is 9.96. The molecule has 0 N–H and O–H groups in total. The molecule has 0 bridgehead atoms. The second kappa shape index (κ2) is 7.33. The van der Waals surface area contributed by atoms with Crippen LogP contribution in [0.2, 0.25) is 0 Å². The predicted molar refractivity (Wildman–Crippen MR) is 93.3 cm³/mol. The van der Waals surface area contributed by atoms with E-state index in [2.05, 4.69) is 40.9 Å². The highest BCUT2D eigenvalue weighted by Gasteiger charge is 2.42. The molecule has 0 aliphatic carbocycles. The summed E-state index contributed by atoms with van der Waals surface area (Å²) in [4.78, 5) is 19.1. The van der Waals surface area contributed by atoms with Crippen LogP contribution in [0.3, 0.4) is 0 Å². The van der Waals surface area contributed by atoms with E-state index in [1.807, 2.05) is 18.2 Å². The Bertz CT molecular complexity index is 636. The molecule has 2 heterocycles. The van der Waals surface area contributed by atoms with Crippen LogP contribution >= 0.6 is 0 Å². The van der Waals surface area contributed by atoms with Crippen LogP contribution < -0.4 is 0 Å². The SMILES string of the molecule is CN(C)CCN1C(=O)CC[C@@H]2[C@H]1CCN2Cc1cccc(C#N)c1. The average Bonchev–Trinajstić information content (AvgIpc) is 2.97. The van der Waals surface area contributed by atoms with E-state index in [4.69, 9.17) is 5.26 Å². The van der Waals surface area contributed by atoms with Gasteiger partial charge in [-0.3, -0.25) is 9.69 Å². The normalized spacial score (nSPS) is 24.2. The molecule has 0 spiro atoms. The summed E-state index contributed by atoms with van der Waals surface area (Å²) in [6.07, 6.45) is 2.67. The molecule has 2 aliphatic heterocycles. The van der Waals surface area contributed by atoms with Gasteiger partial charge in [0.2, 0.25) is 5.91 Å². The van der Waals surface area contributed by atoms with Crippen molar-refractivity contribution in [1.82, 2.24) is 14.7 Å². The average molecular weight is 326 g/mol. The van der Waals surface area contributed by atoms with Crippen LogP contribution in [0.5, 0.6) is 0 Å². The Kier molecular flexibility index (Phi) is 5.17. The highest BCUT2D eigenvalue weighted by molar-refractivity contribution is 5.77. The molecule has 5 nitrogen and oxygen atoms in total. The van der Waals surface area contributed by atoms with E-state index in [0.29, 0.717) is 24.4 Å². The minimum Gasteiger partial charge on any atom is -0.337 e. The van der Waals surface area contributed by atoms with Gasteiger partial charge in [0.05, 0.1) is 11.6 Å². The first kappa shape index (κ1) is 16.9. The number of benzene rings is 1. The van der Waals surface area contributed by atoms with Crippen LogP contribution in [0.4, 0.5) is 0 Å². The second-order valence-electron chi connectivity index (χ2n) is 7.14. The number of nitrogens with zero attached hydrogens (tertiary/aromatic N) is 4. The number of likely N-dealkylation sites (N-methyl/N-ethyl adjacent to an activating group) is 1. The molecular formula is C19H26N4O. The summed E-state index contributed by atoms with van der Waals surface area (Å²) >= 11 is 0. The zero-order valence-electron chi connectivity index (χ0n) is 14.6. The van der Waals surface area contributed by atoms with Gasteiger partial charge in [-0.05, 0) is 44.6 Å². The van der Waals surface area contributed by atoms with Crippen molar-refractivity contribution in [1.29, 1.82) is 5.26 Å². The Morgan fingerprint density at radius 3 is 2.88 bits per heavy atom. The number of hydrogen-bond donors (Lipinski definition) is 0. The Balaban J connectivity index is 1.68. The third-order valence-corrected chi connectivity index (χ3v) is 5.23. The van der Waals surface area contributed by atoms with Crippen LogP contribution in [0, 0.1) is 11.3 Å². The highest BCUT2D eigenvalue weighted by atomic mass is 16.2. The second-order valence-corrected chi connectivity index (χ2v) is 7.14. The molecule has 2 fully saturated rings. The zero-order valence-corrected chi connectivity index (χ0v) is 14.6. The zero-order chi connectivity index (χ0) is 17.1. The fourth-order valence-electron chi connectivity index (χ4n) is 4.01. The van der Waals surface area contributed by atoms with Crippen LogP contribution in [0.25, 0.3) is 0 Å². The van der Waals surface area contributed by atoms with Crippen molar-refractivity contribution in [3.63, 3.8) is 0 Å². The Hall–Kier alpha value is -1.90. The van der Waals surface area contributed by atoms with Crippen LogP contribution in [-0.2, 0) is 11.3 Å². The molecule has 1 aromatic rings. The van der Waals surface area contributed by atoms with Gasteiger partial charge in [0.25, 0.3) is 0 Å². The fraction of sp³-hybridized carbons (Fsp3) is 0.579. The van der Waals surface area contributed by atoms with Gasteiger partial charge in [-0.15, -0.1) is 0 Å². The van der Waals surface area contributed by atoms with E-state index in [9.17, 15) is 4.79 Å². The molecule has 5 heteroatoms. The third-order valence-electron chi connectivity index (χ3n) is 5.23. The first-order chi connectivity index (χ1) is 11.6. The van der Waals surface area contributed by atoms with Crippen molar-refractivity contribution in [3.05, 3.63) is 35.4 Å². The van der Waals surface area contributed by atoms with Crippen molar-refractivity contribution in [3.8, 4) is 6.07 Å². The first-order valence-corrected chi connectivity index (χ1v) is 8.76. The number of likely N-dealkylation sites (tertiary alicyclic amines) is 2. The van der Waals surface area contributed by atoms with Crippen LogP contribution in [0.1, 0.15) is 30.4 Å². The van der Waals surface area contributed by atoms with Gasteiger partial charge >= 0.3 is 0 Å². The summed E-state index contributed by atoms with van der Waals surface area (Å²) in [5.74, 6) is 0.312. The highest BCUT2D eigenvalue weighted by Crippen LogP contribution is 2.32. The molecule has 128 valence electrons. The fourth-order valence-corrected chi connectivity index (χ4v) is 4.01. The van der Waals surface area contributed by atoms with Gasteiger partial charge in [-0.2, -0.15) is 5.26 Å². The number of amides is 1. The van der Waals surface area contributed by atoms with Crippen LogP contribution in [-0.4, -0.2) is 66.4 Å². The summed E-state index contributed by atoms with van der Waals surface area (Å²) in [5.41, 5.74) is 1.90. The summed E-state index contributed by atoms with van der Waals surface area (Å²) in [5, 5.41) is 9.07. The summed E-state index contributed by atoms with van der Waals surface area (Å²) in [7, 11) is 4.10. The number of carbonyl (C=O) groups is 1. The number of fused-ring (bicyclic) bond motifs is 1. The van der Waals surface area contributed by atoms with Gasteiger partial charge in [-0.25, -0.2) is 0 Å². The molecule has 1 aromatic carbocycles. The van der Waals surface area contributed by atoms with Gasteiger partial charge < -0.3 is 9.80 Å². The van der Waals surface area contributed by atoms with Gasteiger partial charge in [0.1, 0.15) is 0 Å². The smallest absolute Gasteiger partial charge is 0.222 e. The van der Waals surface area contributed by atoms with Crippen molar-refractivity contribution in [2.24, 2.45) is 0 Å². The Morgan fingerprint density at radius 2 is 2.12 bits per heavy atom. The molecule has 1 amide bonds. The van der Waals surface area contributed by atoms with Crippen molar-refractivity contribution in [2.45, 2.75) is 37.9 Å². The van der Waals surface area contributed by atoms with Gasteiger partial charge in [0.15, 0.2) is 0 Å². The Labute approximate surface area is 144 Å². The number of carbonyl (C=O) groups excluding carboxylic acids is 1. The van der Waals surface area contributed by atoms with Crippen molar-refractivity contribution >= 4 is 5.91 Å². The number of rotatable bonds is 5. The van der Waals surface area contributed by atoms with Gasteiger partial charge in [-0.1, -0.05) is 12.1 Å². The lowest BCUT2D eigenvalue weighted by Gasteiger charge is -2.40. The van der Waals surface area contributed by atoms with E-state index in [1.54, 1.807) is 0 Å². The first-order valence-electron chi connectivity index (χ1n) is 8.76. The van der Waals surface area contributed by atoms with E-state index in [0.717, 1.165) is 44.6 Å². The minimum absolute atomic E-state index is 0.312. The molecule has 0 saturated carbocycles. The molecule has 0 unspecified atom stereocenters. The largest absolute Gasteiger partial charge is 0.337 e. The molecule has 0 radical (unpaired) electrons. The molecule has 2 atom stereocenters. The summed E-state index contributed by atoms with van der Waals surface area (Å²) < 4.78 is 0. The monoisotopic (exact) mass is 326 g/mol. The van der Waals surface area contributed by atoms with Crippen molar-refractivity contribution in [2.75, 3.05) is 33.7 Å².